The molecule has 0 amide bonds. The molecule has 1 unspecified atom stereocenters. The summed E-state index contributed by atoms with van der Waals surface area (Å²) in [4.78, 5) is 12.4. The van der Waals surface area contributed by atoms with Crippen molar-refractivity contribution in [3.8, 4) is 5.75 Å². The second-order valence-electron chi connectivity index (χ2n) is 3.89. The first-order valence-corrected chi connectivity index (χ1v) is 5.21. The maximum absolute atomic E-state index is 13.1. The van der Waals surface area contributed by atoms with Gasteiger partial charge in [0.1, 0.15) is 17.6 Å². The lowest BCUT2D eigenvalue weighted by Crippen LogP contribution is -2.35. The van der Waals surface area contributed by atoms with Gasteiger partial charge >= 0.3 is 5.97 Å². The molecule has 0 heterocycles. The molecule has 1 atom stereocenters. The molecule has 0 radical (unpaired) electrons. The minimum Gasteiger partial charge on any atom is -0.496 e. The standard InChI is InChI=1S/C12H16FNO3/c1-8(12(15)16)14(2)7-9-6-10(13)4-5-11(9)17-3/h4-6,8H,7H2,1-3H3,(H,15,16). The van der Waals surface area contributed by atoms with Gasteiger partial charge < -0.3 is 9.84 Å². The van der Waals surface area contributed by atoms with E-state index >= 15 is 0 Å². The summed E-state index contributed by atoms with van der Waals surface area (Å²) in [6.45, 7) is 1.89. The molecule has 0 aliphatic heterocycles. The van der Waals surface area contributed by atoms with Crippen molar-refractivity contribution in [3.63, 3.8) is 0 Å². The van der Waals surface area contributed by atoms with E-state index in [1.165, 1.54) is 25.3 Å². The summed E-state index contributed by atoms with van der Waals surface area (Å²) in [5.74, 6) is -0.726. The van der Waals surface area contributed by atoms with Gasteiger partial charge in [0.2, 0.25) is 0 Å². The van der Waals surface area contributed by atoms with Crippen LogP contribution >= 0.6 is 0 Å². The lowest BCUT2D eigenvalue weighted by atomic mass is 10.1. The Bertz CT molecular complexity index is 409. The zero-order valence-electron chi connectivity index (χ0n) is 10.1. The molecule has 1 N–H and O–H groups in total. The Morgan fingerprint density at radius 2 is 2.24 bits per heavy atom. The van der Waals surface area contributed by atoms with Crippen LogP contribution in [0.1, 0.15) is 12.5 Å². The van der Waals surface area contributed by atoms with E-state index < -0.39 is 12.0 Å². The van der Waals surface area contributed by atoms with E-state index in [4.69, 9.17) is 9.84 Å². The predicted octanol–water partition coefficient (Wildman–Crippen LogP) is 1.74. The van der Waals surface area contributed by atoms with Gasteiger partial charge in [0.05, 0.1) is 7.11 Å². The number of carbonyl (C=O) groups is 1. The van der Waals surface area contributed by atoms with Crippen molar-refractivity contribution in [1.29, 1.82) is 0 Å². The third kappa shape index (κ3) is 3.42. The number of hydrogen-bond donors (Lipinski definition) is 1. The van der Waals surface area contributed by atoms with Gasteiger partial charge in [0, 0.05) is 12.1 Å². The topological polar surface area (TPSA) is 49.8 Å². The van der Waals surface area contributed by atoms with E-state index in [0.29, 0.717) is 17.9 Å². The molecular weight excluding hydrogens is 225 g/mol. The summed E-state index contributed by atoms with van der Waals surface area (Å²) in [7, 11) is 3.17. The number of carboxylic acid groups (broad SMARTS) is 1. The van der Waals surface area contributed by atoms with Crippen LogP contribution in [0.4, 0.5) is 4.39 Å². The van der Waals surface area contributed by atoms with E-state index in [-0.39, 0.29) is 5.82 Å². The average molecular weight is 241 g/mol. The highest BCUT2D eigenvalue weighted by Gasteiger charge is 2.18. The molecule has 0 fully saturated rings. The Kier molecular flexibility index (Phi) is 4.45. The molecule has 0 spiro atoms. The molecule has 1 rings (SSSR count). The number of halogens is 1. The van der Waals surface area contributed by atoms with Crippen LogP contribution < -0.4 is 4.74 Å². The molecule has 94 valence electrons. The van der Waals surface area contributed by atoms with Crippen molar-refractivity contribution >= 4 is 5.97 Å². The van der Waals surface area contributed by atoms with Crippen LogP contribution in [0, 0.1) is 5.82 Å². The Balaban J connectivity index is 2.86. The Labute approximate surface area is 99.6 Å². The highest BCUT2D eigenvalue weighted by molar-refractivity contribution is 5.72. The minimum absolute atomic E-state index is 0.314. The summed E-state index contributed by atoms with van der Waals surface area (Å²) >= 11 is 0. The smallest absolute Gasteiger partial charge is 0.320 e. The van der Waals surface area contributed by atoms with Crippen molar-refractivity contribution in [3.05, 3.63) is 29.6 Å². The molecule has 1 aromatic carbocycles. The van der Waals surface area contributed by atoms with E-state index in [2.05, 4.69) is 0 Å². The Morgan fingerprint density at radius 3 is 2.76 bits per heavy atom. The predicted molar refractivity (Wildman–Crippen MR) is 61.5 cm³/mol. The Morgan fingerprint density at radius 1 is 1.59 bits per heavy atom. The molecular formula is C12H16FNO3. The normalized spacial score (nSPS) is 12.5. The number of hydrogen-bond acceptors (Lipinski definition) is 3. The van der Waals surface area contributed by atoms with Gasteiger partial charge in [0.25, 0.3) is 0 Å². The van der Waals surface area contributed by atoms with Crippen LogP contribution in [-0.2, 0) is 11.3 Å². The number of rotatable bonds is 5. The number of aliphatic carboxylic acids is 1. The first-order chi connectivity index (χ1) is 7.95. The summed E-state index contributed by atoms with van der Waals surface area (Å²) in [5, 5.41) is 8.86. The molecule has 0 aliphatic rings. The number of nitrogens with zero attached hydrogens (tertiary/aromatic N) is 1. The van der Waals surface area contributed by atoms with Gasteiger partial charge in [-0.1, -0.05) is 0 Å². The van der Waals surface area contributed by atoms with Gasteiger partial charge in [0.15, 0.2) is 0 Å². The molecule has 1 aromatic rings. The summed E-state index contributed by atoms with van der Waals surface area (Å²) < 4.78 is 18.2. The van der Waals surface area contributed by atoms with E-state index in [1.807, 2.05) is 0 Å². The molecule has 0 bridgehead atoms. The summed E-state index contributed by atoms with van der Waals surface area (Å²) in [5.41, 5.74) is 0.628. The van der Waals surface area contributed by atoms with Crippen molar-refractivity contribution in [2.24, 2.45) is 0 Å². The molecule has 0 aromatic heterocycles. The fourth-order valence-electron chi connectivity index (χ4n) is 1.46. The second-order valence-corrected chi connectivity index (χ2v) is 3.89. The Hall–Kier alpha value is -1.62. The molecule has 4 nitrogen and oxygen atoms in total. The SMILES string of the molecule is COc1ccc(F)cc1CN(C)C(C)C(=O)O. The lowest BCUT2D eigenvalue weighted by Gasteiger charge is -2.22. The van der Waals surface area contributed by atoms with Crippen LogP contribution in [0.3, 0.4) is 0 Å². The second kappa shape index (κ2) is 5.63. The van der Waals surface area contributed by atoms with Crippen LogP contribution in [0.2, 0.25) is 0 Å². The van der Waals surface area contributed by atoms with Crippen LogP contribution in [0.5, 0.6) is 5.75 Å². The maximum atomic E-state index is 13.1. The first kappa shape index (κ1) is 13.4. The number of ether oxygens (including phenoxy) is 1. The third-order valence-corrected chi connectivity index (χ3v) is 2.68. The zero-order valence-corrected chi connectivity index (χ0v) is 10.1. The zero-order chi connectivity index (χ0) is 13.0. The van der Waals surface area contributed by atoms with Crippen molar-refractivity contribution in [2.75, 3.05) is 14.2 Å². The van der Waals surface area contributed by atoms with Gasteiger partial charge in [-0.3, -0.25) is 9.69 Å². The molecule has 0 saturated heterocycles. The maximum Gasteiger partial charge on any atom is 0.320 e. The number of carboxylic acids is 1. The third-order valence-electron chi connectivity index (χ3n) is 2.68. The largest absolute Gasteiger partial charge is 0.496 e. The van der Waals surface area contributed by atoms with E-state index in [9.17, 15) is 9.18 Å². The number of methoxy groups -OCH3 is 1. The monoisotopic (exact) mass is 241 g/mol. The number of likely N-dealkylation sites (N-methyl/N-ethyl adjacent to an activating group) is 1. The molecule has 17 heavy (non-hydrogen) atoms. The fourth-order valence-corrected chi connectivity index (χ4v) is 1.46. The van der Waals surface area contributed by atoms with Crippen LogP contribution in [-0.4, -0.2) is 36.2 Å². The minimum atomic E-state index is -0.914. The van der Waals surface area contributed by atoms with Crippen molar-refractivity contribution in [2.45, 2.75) is 19.5 Å². The van der Waals surface area contributed by atoms with Crippen molar-refractivity contribution < 1.29 is 19.0 Å². The summed E-state index contributed by atoms with van der Waals surface area (Å²) in [6.07, 6.45) is 0. The van der Waals surface area contributed by atoms with E-state index in [1.54, 1.807) is 18.9 Å². The lowest BCUT2D eigenvalue weighted by molar-refractivity contribution is -0.142. The highest BCUT2D eigenvalue weighted by atomic mass is 19.1. The first-order valence-electron chi connectivity index (χ1n) is 5.21. The van der Waals surface area contributed by atoms with Gasteiger partial charge in [-0.25, -0.2) is 4.39 Å². The molecule has 0 saturated carbocycles. The van der Waals surface area contributed by atoms with Crippen LogP contribution in [0.15, 0.2) is 18.2 Å². The number of benzene rings is 1. The summed E-state index contributed by atoms with van der Waals surface area (Å²) in [6, 6.07) is 3.56. The average Bonchev–Trinajstić information content (AvgIpc) is 2.28. The fraction of sp³-hybridized carbons (Fsp3) is 0.417. The van der Waals surface area contributed by atoms with E-state index in [0.717, 1.165) is 0 Å². The van der Waals surface area contributed by atoms with Gasteiger partial charge in [-0.15, -0.1) is 0 Å². The molecule has 0 aliphatic carbocycles. The van der Waals surface area contributed by atoms with Crippen molar-refractivity contribution in [1.82, 2.24) is 4.90 Å². The van der Waals surface area contributed by atoms with Gasteiger partial charge in [-0.05, 0) is 32.2 Å². The molecule has 5 heteroatoms. The van der Waals surface area contributed by atoms with Gasteiger partial charge in [-0.2, -0.15) is 0 Å². The van der Waals surface area contributed by atoms with Crippen LogP contribution in [0.25, 0.3) is 0 Å². The quantitative estimate of drug-likeness (QED) is 0.853. The highest BCUT2D eigenvalue weighted by Crippen LogP contribution is 2.21.